The topological polar surface area (TPSA) is 15.9 Å². The van der Waals surface area contributed by atoms with Crippen molar-refractivity contribution in [2.75, 3.05) is 5.32 Å². The van der Waals surface area contributed by atoms with E-state index in [4.69, 9.17) is 0 Å². The average molecular weight is 422 g/mol. The van der Waals surface area contributed by atoms with Gasteiger partial charge >= 0.3 is 5.13 Å². The summed E-state index contributed by atoms with van der Waals surface area (Å²) in [5.41, 5.74) is 4.80. The highest BCUT2D eigenvalue weighted by Gasteiger charge is 2.20. The molecule has 2 nitrogen and oxygen atoms in total. The first-order chi connectivity index (χ1) is 12.8. The second-order valence-corrected chi connectivity index (χ2v) is 7.72. The molecule has 26 heavy (non-hydrogen) atoms. The summed E-state index contributed by atoms with van der Waals surface area (Å²) in [6.07, 6.45) is 0. The number of benzene rings is 3. The molecular weight excluding hydrogens is 404 g/mol. The van der Waals surface area contributed by atoms with Crippen LogP contribution in [0.4, 0.5) is 5.13 Å². The maximum Gasteiger partial charge on any atom is 0.339 e. The Morgan fingerprint density at radius 3 is 2.15 bits per heavy atom. The van der Waals surface area contributed by atoms with E-state index in [1.807, 2.05) is 12.1 Å². The minimum atomic E-state index is 0.800. The lowest BCUT2D eigenvalue weighted by Gasteiger charge is -2.06. The van der Waals surface area contributed by atoms with E-state index >= 15 is 0 Å². The lowest BCUT2D eigenvalue weighted by Crippen LogP contribution is -2.34. The first kappa shape index (κ1) is 17.0. The first-order valence-corrected chi connectivity index (χ1v) is 10.1. The molecule has 0 atom stereocenters. The fourth-order valence-electron chi connectivity index (χ4n) is 2.87. The highest BCUT2D eigenvalue weighted by molar-refractivity contribution is 9.10. The molecule has 0 aliphatic carbocycles. The minimum absolute atomic E-state index is 0.800. The Labute approximate surface area is 165 Å². The number of halogens is 1. The standard InChI is InChI=1S/C22H17BrN2S/c23-19-13-11-18(12-14-19)21-16-26-22(24-15-17-7-3-1-4-8-17)25(21)20-9-5-2-6-10-20/h1-14,16H,15H2/p+1. The number of nitrogens with zero attached hydrogens (tertiary/aromatic N) is 1. The van der Waals surface area contributed by atoms with E-state index in [1.54, 1.807) is 11.3 Å². The Kier molecular flexibility index (Phi) is 5.14. The lowest BCUT2D eigenvalue weighted by atomic mass is 10.1. The second-order valence-electron chi connectivity index (χ2n) is 5.94. The molecule has 0 radical (unpaired) electrons. The molecule has 4 heteroatoms. The third kappa shape index (κ3) is 3.71. The number of hydrogen-bond acceptors (Lipinski definition) is 2. The number of hydrogen-bond donors (Lipinski definition) is 1. The van der Waals surface area contributed by atoms with Crippen LogP contribution in [0, 0.1) is 0 Å². The maximum absolute atomic E-state index is 3.60. The molecule has 0 bridgehead atoms. The average Bonchev–Trinajstić information content (AvgIpc) is 3.12. The lowest BCUT2D eigenvalue weighted by molar-refractivity contribution is -0.564. The van der Waals surface area contributed by atoms with Gasteiger partial charge in [0.25, 0.3) is 0 Å². The zero-order valence-corrected chi connectivity index (χ0v) is 16.5. The van der Waals surface area contributed by atoms with E-state index in [0.717, 1.165) is 21.8 Å². The molecular formula is C22H18BrN2S+. The third-order valence-corrected chi connectivity index (χ3v) is 5.59. The van der Waals surface area contributed by atoms with Crippen LogP contribution in [-0.4, -0.2) is 0 Å². The molecule has 0 aliphatic rings. The highest BCUT2D eigenvalue weighted by atomic mass is 79.9. The van der Waals surface area contributed by atoms with Crippen molar-refractivity contribution in [1.29, 1.82) is 0 Å². The SMILES string of the molecule is Brc1ccc(-c2csc(NCc3ccccc3)[n+]2-c2ccccc2)cc1. The van der Waals surface area contributed by atoms with Crippen LogP contribution in [0.15, 0.2) is 94.8 Å². The van der Waals surface area contributed by atoms with Gasteiger partial charge in [-0.05, 0) is 42.0 Å². The van der Waals surface area contributed by atoms with Gasteiger partial charge in [0.05, 0.1) is 0 Å². The first-order valence-electron chi connectivity index (χ1n) is 8.44. The molecule has 1 heterocycles. The van der Waals surface area contributed by atoms with Crippen molar-refractivity contribution in [2.24, 2.45) is 0 Å². The minimum Gasteiger partial charge on any atom is -0.260 e. The third-order valence-electron chi connectivity index (χ3n) is 4.17. The van der Waals surface area contributed by atoms with Crippen molar-refractivity contribution in [1.82, 2.24) is 0 Å². The van der Waals surface area contributed by atoms with Crippen LogP contribution in [0.3, 0.4) is 0 Å². The normalized spacial score (nSPS) is 10.7. The molecule has 0 spiro atoms. The zero-order chi connectivity index (χ0) is 17.8. The van der Waals surface area contributed by atoms with Gasteiger partial charge in [0.2, 0.25) is 0 Å². The summed E-state index contributed by atoms with van der Waals surface area (Å²) >= 11 is 5.25. The maximum atomic E-state index is 3.60. The predicted octanol–water partition coefficient (Wildman–Crippen LogP) is 6.07. The number of rotatable bonds is 5. The summed E-state index contributed by atoms with van der Waals surface area (Å²) in [5, 5.41) is 6.94. The van der Waals surface area contributed by atoms with Crippen LogP contribution in [0.25, 0.3) is 16.9 Å². The van der Waals surface area contributed by atoms with E-state index in [-0.39, 0.29) is 0 Å². The molecule has 0 saturated carbocycles. The quantitative estimate of drug-likeness (QED) is 0.386. The van der Waals surface area contributed by atoms with Crippen LogP contribution < -0.4 is 9.88 Å². The molecule has 0 amide bonds. The predicted molar refractivity (Wildman–Crippen MR) is 113 cm³/mol. The summed E-state index contributed by atoms with van der Waals surface area (Å²) in [6.45, 7) is 0.800. The molecule has 0 fully saturated rings. The molecule has 128 valence electrons. The Hall–Kier alpha value is -2.43. The van der Waals surface area contributed by atoms with Crippen molar-refractivity contribution in [3.05, 3.63) is 100 Å². The van der Waals surface area contributed by atoms with Gasteiger partial charge < -0.3 is 0 Å². The van der Waals surface area contributed by atoms with Crippen LogP contribution in [0.2, 0.25) is 0 Å². The molecule has 4 aromatic rings. The Morgan fingerprint density at radius 2 is 1.46 bits per heavy atom. The van der Waals surface area contributed by atoms with Crippen LogP contribution in [-0.2, 0) is 6.54 Å². The smallest absolute Gasteiger partial charge is 0.260 e. The van der Waals surface area contributed by atoms with E-state index in [1.165, 1.54) is 16.8 Å². The fraction of sp³-hybridized carbons (Fsp3) is 0.0455. The molecule has 3 aromatic carbocycles. The fourth-order valence-corrected chi connectivity index (χ4v) is 4.07. The van der Waals surface area contributed by atoms with Crippen molar-refractivity contribution in [3.8, 4) is 16.9 Å². The van der Waals surface area contributed by atoms with Gasteiger partial charge in [0, 0.05) is 15.4 Å². The van der Waals surface area contributed by atoms with Crippen molar-refractivity contribution in [2.45, 2.75) is 6.54 Å². The molecule has 1 N–H and O–H groups in total. The van der Waals surface area contributed by atoms with Gasteiger partial charge in [-0.1, -0.05) is 75.8 Å². The van der Waals surface area contributed by atoms with E-state index in [9.17, 15) is 0 Å². The number of nitrogens with one attached hydrogen (secondary N) is 1. The summed E-state index contributed by atoms with van der Waals surface area (Å²) in [7, 11) is 0. The second kappa shape index (κ2) is 7.85. The number of para-hydroxylation sites is 1. The molecule has 4 rings (SSSR count). The van der Waals surface area contributed by atoms with Crippen molar-refractivity contribution >= 4 is 32.4 Å². The van der Waals surface area contributed by atoms with Crippen LogP contribution in [0.1, 0.15) is 5.56 Å². The van der Waals surface area contributed by atoms with Crippen molar-refractivity contribution in [3.63, 3.8) is 0 Å². The molecule has 0 unspecified atom stereocenters. The van der Waals surface area contributed by atoms with Gasteiger partial charge in [-0.3, -0.25) is 5.32 Å². The van der Waals surface area contributed by atoms with Gasteiger partial charge in [0.15, 0.2) is 5.69 Å². The van der Waals surface area contributed by atoms with Gasteiger partial charge in [-0.25, -0.2) is 0 Å². The highest BCUT2D eigenvalue weighted by Crippen LogP contribution is 2.27. The Morgan fingerprint density at radius 1 is 0.808 bits per heavy atom. The summed E-state index contributed by atoms with van der Waals surface area (Å²) in [6, 6.07) is 29.4. The van der Waals surface area contributed by atoms with E-state index in [0.29, 0.717) is 0 Å². The number of aromatic nitrogens is 1. The largest absolute Gasteiger partial charge is 0.339 e. The monoisotopic (exact) mass is 421 g/mol. The van der Waals surface area contributed by atoms with Crippen LogP contribution >= 0.6 is 27.3 Å². The summed E-state index contributed by atoms with van der Waals surface area (Å²) < 4.78 is 3.38. The van der Waals surface area contributed by atoms with E-state index < -0.39 is 0 Å². The van der Waals surface area contributed by atoms with Gasteiger partial charge in [-0.15, -0.1) is 0 Å². The van der Waals surface area contributed by atoms with Crippen molar-refractivity contribution < 1.29 is 4.57 Å². The van der Waals surface area contributed by atoms with E-state index in [2.05, 4.69) is 104 Å². The Balaban J connectivity index is 1.73. The number of anilines is 1. The van der Waals surface area contributed by atoms with Gasteiger partial charge in [-0.2, -0.15) is 4.57 Å². The Bertz CT molecular complexity index is 980. The summed E-state index contributed by atoms with van der Waals surface area (Å²) in [4.78, 5) is 0. The van der Waals surface area contributed by atoms with Crippen LogP contribution in [0.5, 0.6) is 0 Å². The molecule has 1 aromatic heterocycles. The number of thiazole rings is 1. The molecule has 0 saturated heterocycles. The zero-order valence-electron chi connectivity index (χ0n) is 14.1. The summed E-state index contributed by atoms with van der Waals surface area (Å²) in [5.74, 6) is 0. The molecule has 0 aliphatic heterocycles. The van der Waals surface area contributed by atoms with Gasteiger partial charge in [0.1, 0.15) is 12.2 Å².